The predicted octanol–water partition coefficient (Wildman–Crippen LogP) is 1.76. The van der Waals surface area contributed by atoms with Crippen LogP contribution in [0.25, 0.3) is 0 Å². The van der Waals surface area contributed by atoms with Gasteiger partial charge in [0.25, 0.3) is 0 Å². The van der Waals surface area contributed by atoms with Crippen LogP contribution in [0.15, 0.2) is 12.1 Å². The smallest absolute Gasteiger partial charge is 0.0590 e. The molecule has 0 bridgehead atoms. The third kappa shape index (κ3) is 2.88. The van der Waals surface area contributed by atoms with E-state index in [1.54, 1.807) is 0 Å². The van der Waals surface area contributed by atoms with E-state index in [0.717, 1.165) is 19.5 Å². The lowest BCUT2D eigenvalue weighted by atomic mass is 10.1. The largest absolute Gasteiger partial charge is 0.396 e. The molecule has 4 heteroatoms. The minimum atomic E-state index is 0.130. The highest BCUT2D eigenvalue weighted by Crippen LogP contribution is 2.33. The van der Waals surface area contributed by atoms with Gasteiger partial charge in [-0.3, -0.25) is 4.90 Å². The Hall–Kier alpha value is -0.420. The maximum Gasteiger partial charge on any atom is 0.0590 e. The van der Waals surface area contributed by atoms with Crippen LogP contribution < -0.4 is 5.73 Å². The number of aliphatic hydroxyl groups is 1. The highest BCUT2D eigenvalue weighted by Gasteiger charge is 2.31. The minimum Gasteiger partial charge on any atom is -0.396 e. The lowest BCUT2D eigenvalue weighted by Crippen LogP contribution is -2.38. The number of nitrogens with two attached hydrogens (primary N) is 1. The molecule has 1 aromatic heterocycles. The predicted molar refractivity (Wildman–Crippen MR) is 72.2 cm³/mol. The van der Waals surface area contributed by atoms with Gasteiger partial charge in [-0.2, -0.15) is 0 Å². The van der Waals surface area contributed by atoms with Gasteiger partial charge in [0.15, 0.2) is 0 Å². The second kappa shape index (κ2) is 5.48. The van der Waals surface area contributed by atoms with Crippen LogP contribution in [0.1, 0.15) is 29.1 Å². The van der Waals surface area contributed by atoms with Gasteiger partial charge in [-0.05, 0) is 44.9 Å². The molecule has 0 aromatic carbocycles. The second-order valence-electron chi connectivity index (χ2n) is 5.08. The number of thiophene rings is 1. The molecule has 96 valence electrons. The molecule has 1 aliphatic rings. The first-order valence-electron chi connectivity index (χ1n) is 6.28. The lowest BCUT2D eigenvalue weighted by molar-refractivity contribution is 0.187. The maximum atomic E-state index is 9.22. The van der Waals surface area contributed by atoms with E-state index in [4.69, 9.17) is 5.73 Å². The van der Waals surface area contributed by atoms with Gasteiger partial charge < -0.3 is 10.8 Å². The molecule has 0 saturated carbocycles. The van der Waals surface area contributed by atoms with Gasteiger partial charge in [-0.25, -0.2) is 0 Å². The number of aryl methyl sites for hydroxylation is 1. The summed E-state index contributed by atoms with van der Waals surface area (Å²) in [7, 11) is 0. The monoisotopic (exact) mass is 254 g/mol. The summed E-state index contributed by atoms with van der Waals surface area (Å²) in [4.78, 5) is 5.12. The van der Waals surface area contributed by atoms with E-state index in [-0.39, 0.29) is 6.04 Å². The highest BCUT2D eigenvalue weighted by atomic mass is 32.1. The molecule has 0 radical (unpaired) electrons. The number of aliphatic hydroxyl groups excluding tert-OH is 1. The Morgan fingerprint density at radius 2 is 2.35 bits per heavy atom. The molecular weight excluding hydrogens is 232 g/mol. The molecule has 1 fully saturated rings. The van der Waals surface area contributed by atoms with E-state index in [9.17, 15) is 5.11 Å². The summed E-state index contributed by atoms with van der Waals surface area (Å²) < 4.78 is 0. The zero-order valence-corrected chi connectivity index (χ0v) is 11.4. The van der Waals surface area contributed by atoms with Crippen molar-refractivity contribution in [2.75, 3.05) is 19.7 Å². The van der Waals surface area contributed by atoms with Crippen LogP contribution in [0.4, 0.5) is 0 Å². The Morgan fingerprint density at radius 1 is 1.59 bits per heavy atom. The van der Waals surface area contributed by atoms with Gasteiger partial charge >= 0.3 is 0 Å². The Kier molecular flexibility index (Phi) is 4.20. The van der Waals surface area contributed by atoms with Crippen molar-refractivity contribution in [1.82, 2.24) is 4.90 Å². The molecule has 3 unspecified atom stereocenters. The summed E-state index contributed by atoms with van der Waals surface area (Å²) in [6, 6.07) is 4.80. The summed E-state index contributed by atoms with van der Waals surface area (Å²) in [5, 5.41) is 9.22. The Bertz CT molecular complexity index is 364. The zero-order chi connectivity index (χ0) is 12.4. The summed E-state index contributed by atoms with van der Waals surface area (Å²) in [5.41, 5.74) is 6.15. The van der Waals surface area contributed by atoms with Gasteiger partial charge in [0, 0.05) is 28.9 Å². The van der Waals surface area contributed by atoms with Crippen molar-refractivity contribution in [3.05, 3.63) is 21.9 Å². The summed E-state index contributed by atoms with van der Waals surface area (Å²) >= 11 is 1.84. The van der Waals surface area contributed by atoms with Crippen molar-refractivity contribution >= 4 is 11.3 Å². The molecular formula is C13H22N2OS. The quantitative estimate of drug-likeness (QED) is 0.861. The molecule has 3 atom stereocenters. The fraction of sp³-hybridized carbons (Fsp3) is 0.692. The molecule has 0 aliphatic carbocycles. The van der Waals surface area contributed by atoms with E-state index < -0.39 is 0 Å². The van der Waals surface area contributed by atoms with Gasteiger partial charge in [0.2, 0.25) is 0 Å². The van der Waals surface area contributed by atoms with E-state index in [2.05, 4.69) is 30.9 Å². The number of hydrogen-bond donors (Lipinski definition) is 2. The van der Waals surface area contributed by atoms with Gasteiger partial charge in [0.1, 0.15) is 0 Å². The van der Waals surface area contributed by atoms with Crippen molar-refractivity contribution in [3.8, 4) is 0 Å². The van der Waals surface area contributed by atoms with Crippen LogP contribution in [-0.2, 0) is 0 Å². The van der Waals surface area contributed by atoms with E-state index >= 15 is 0 Å². The first-order chi connectivity index (χ1) is 8.11. The number of likely N-dealkylation sites (tertiary alicyclic amines) is 1. The Morgan fingerprint density at radius 3 is 2.82 bits per heavy atom. The molecule has 0 spiro atoms. The lowest BCUT2D eigenvalue weighted by Gasteiger charge is -2.30. The molecule has 17 heavy (non-hydrogen) atoms. The normalized spacial score (nSPS) is 25.1. The standard InChI is InChI=1S/C13H22N2OS/c1-9-3-4-12(17-9)13(10(2)14)15-6-5-11(7-15)8-16/h3-4,10-11,13,16H,5-8,14H2,1-2H3. The first kappa shape index (κ1) is 13.0. The fourth-order valence-electron chi connectivity index (χ4n) is 2.65. The van der Waals surface area contributed by atoms with Crippen molar-refractivity contribution in [2.24, 2.45) is 11.7 Å². The van der Waals surface area contributed by atoms with Gasteiger partial charge in [0.05, 0.1) is 6.04 Å². The van der Waals surface area contributed by atoms with Crippen LogP contribution in [0.2, 0.25) is 0 Å². The Balaban J connectivity index is 2.13. The van der Waals surface area contributed by atoms with Crippen molar-refractivity contribution < 1.29 is 5.11 Å². The summed E-state index contributed by atoms with van der Waals surface area (Å²) in [6.45, 7) is 6.53. The zero-order valence-electron chi connectivity index (χ0n) is 10.6. The number of hydrogen-bond acceptors (Lipinski definition) is 4. The molecule has 1 saturated heterocycles. The molecule has 0 amide bonds. The van der Waals surface area contributed by atoms with Gasteiger partial charge in [-0.15, -0.1) is 11.3 Å². The molecule has 1 aliphatic heterocycles. The Labute approximate surface area is 107 Å². The van der Waals surface area contributed by atoms with Crippen LogP contribution in [-0.4, -0.2) is 35.7 Å². The van der Waals surface area contributed by atoms with E-state index in [1.165, 1.54) is 9.75 Å². The third-order valence-corrected chi connectivity index (χ3v) is 4.59. The third-order valence-electron chi connectivity index (χ3n) is 3.52. The summed E-state index contributed by atoms with van der Waals surface area (Å²) in [6.07, 6.45) is 1.09. The summed E-state index contributed by atoms with van der Waals surface area (Å²) in [5.74, 6) is 0.428. The minimum absolute atomic E-state index is 0.130. The van der Waals surface area contributed by atoms with Crippen molar-refractivity contribution in [1.29, 1.82) is 0 Å². The molecule has 1 aromatic rings. The number of nitrogens with zero attached hydrogens (tertiary/aromatic N) is 1. The van der Waals surface area contributed by atoms with Gasteiger partial charge in [-0.1, -0.05) is 0 Å². The first-order valence-corrected chi connectivity index (χ1v) is 7.10. The van der Waals surface area contributed by atoms with Crippen molar-refractivity contribution in [2.45, 2.75) is 32.4 Å². The molecule has 3 N–H and O–H groups in total. The van der Waals surface area contributed by atoms with E-state index in [1.807, 2.05) is 11.3 Å². The van der Waals surface area contributed by atoms with Crippen LogP contribution in [0.5, 0.6) is 0 Å². The van der Waals surface area contributed by atoms with Crippen LogP contribution >= 0.6 is 11.3 Å². The maximum absolute atomic E-state index is 9.22. The average Bonchev–Trinajstić information content (AvgIpc) is 2.88. The molecule has 2 rings (SSSR count). The fourth-order valence-corrected chi connectivity index (χ4v) is 3.78. The van der Waals surface area contributed by atoms with E-state index in [0.29, 0.717) is 18.6 Å². The average molecular weight is 254 g/mol. The van der Waals surface area contributed by atoms with Crippen LogP contribution in [0, 0.1) is 12.8 Å². The SMILES string of the molecule is Cc1ccc(C(C(C)N)N2CCC(CO)C2)s1. The molecule has 2 heterocycles. The number of rotatable bonds is 4. The van der Waals surface area contributed by atoms with Crippen LogP contribution in [0.3, 0.4) is 0 Å². The topological polar surface area (TPSA) is 49.5 Å². The molecule has 3 nitrogen and oxygen atoms in total. The van der Waals surface area contributed by atoms with Crippen molar-refractivity contribution in [3.63, 3.8) is 0 Å². The highest BCUT2D eigenvalue weighted by molar-refractivity contribution is 7.12. The second-order valence-corrected chi connectivity index (χ2v) is 6.40.